The molecule has 1 unspecified atom stereocenters. The molecule has 8 heteroatoms. The number of phenolic OH excluding ortho intramolecular Hbond substituents is 1. The van der Waals surface area contributed by atoms with Crippen molar-refractivity contribution in [1.29, 1.82) is 0 Å². The first-order valence-corrected chi connectivity index (χ1v) is 6.00. The van der Waals surface area contributed by atoms with Gasteiger partial charge in [-0.05, 0) is 31.0 Å². The molecule has 0 spiro atoms. The first-order valence-electron chi connectivity index (χ1n) is 6.00. The lowest BCUT2D eigenvalue weighted by Gasteiger charge is -2.07. The van der Waals surface area contributed by atoms with Crippen LogP contribution in [0.25, 0.3) is 0 Å². The van der Waals surface area contributed by atoms with Gasteiger partial charge in [-0.2, -0.15) is 0 Å². The summed E-state index contributed by atoms with van der Waals surface area (Å²) < 4.78 is 0. The zero-order chi connectivity index (χ0) is 16.6. The van der Waals surface area contributed by atoms with Gasteiger partial charge >= 0.3 is 11.9 Å². The molecule has 0 bridgehead atoms. The topological polar surface area (TPSA) is 161 Å². The van der Waals surface area contributed by atoms with Gasteiger partial charge < -0.3 is 31.3 Å². The van der Waals surface area contributed by atoms with E-state index in [1.54, 1.807) is 12.1 Å². The Kier molecular flexibility index (Phi) is 7.99. The Bertz CT molecular complexity index is 457. The molecular formula is C13H19NO7. The van der Waals surface area contributed by atoms with E-state index in [-0.39, 0.29) is 6.04 Å². The molecule has 0 saturated carbocycles. The van der Waals surface area contributed by atoms with Crippen molar-refractivity contribution in [3.05, 3.63) is 29.8 Å². The molecule has 0 aliphatic heterocycles. The van der Waals surface area contributed by atoms with Crippen LogP contribution >= 0.6 is 0 Å². The van der Waals surface area contributed by atoms with Crippen LogP contribution in [0, 0.1) is 0 Å². The van der Waals surface area contributed by atoms with Gasteiger partial charge in [-0.15, -0.1) is 0 Å². The minimum absolute atomic E-state index is 0.150. The quantitative estimate of drug-likeness (QED) is 0.410. The summed E-state index contributed by atoms with van der Waals surface area (Å²) in [7, 11) is 0. The number of benzene rings is 1. The van der Waals surface area contributed by atoms with E-state index in [9.17, 15) is 9.59 Å². The van der Waals surface area contributed by atoms with Gasteiger partial charge in [-0.25, -0.2) is 9.59 Å². The first kappa shape index (κ1) is 18.8. The van der Waals surface area contributed by atoms with E-state index in [4.69, 9.17) is 31.3 Å². The Morgan fingerprint density at radius 3 is 1.95 bits per heavy atom. The van der Waals surface area contributed by atoms with Crippen LogP contribution in [-0.4, -0.2) is 55.7 Å². The summed E-state index contributed by atoms with van der Waals surface area (Å²) in [4.78, 5) is 19.5. The highest BCUT2D eigenvalue weighted by molar-refractivity contribution is 5.83. The predicted molar refractivity (Wildman–Crippen MR) is 72.7 cm³/mol. The molecule has 0 radical (unpaired) electrons. The summed E-state index contributed by atoms with van der Waals surface area (Å²) in [6, 6.07) is 7.33. The molecule has 0 aliphatic carbocycles. The SMILES string of the molecule is CC(N)Cc1cccc(O)c1.O=C(O)[C@H](O)[C@@H](O)C(=O)O. The van der Waals surface area contributed by atoms with Crippen molar-refractivity contribution in [2.75, 3.05) is 0 Å². The molecule has 21 heavy (non-hydrogen) atoms. The highest BCUT2D eigenvalue weighted by Crippen LogP contribution is 2.11. The molecular weight excluding hydrogens is 282 g/mol. The summed E-state index contributed by atoms with van der Waals surface area (Å²) in [6.45, 7) is 1.95. The number of aliphatic hydroxyl groups excluding tert-OH is 2. The zero-order valence-electron chi connectivity index (χ0n) is 11.4. The van der Waals surface area contributed by atoms with E-state index < -0.39 is 24.1 Å². The van der Waals surface area contributed by atoms with Gasteiger partial charge in [0.1, 0.15) is 5.75 Å². The zero-order valence-corrected chi connectivity index (χ0v) is 11.4. The molecule has 0 fully saturated rings. The maximum absolute atomic E-state index is 9.77. The minimum Gasteiger partial charge on any atom is -0.508 e. The van der Waals surface area contributed by atoms with Crippen LogP contribution in [0.2, 0.25) is 0 Å². The molecule has 1 aromatic carbocycles. The van der Waals surface area contributed by atoms with Crippen LogP contribution in [0.1, 0.15) is 12.5 Å². The minimum atomic E-state index is -2.27. The van der Waals surface area contributed by atoms with E-state index in [2.05, 4.69) is 0 Å². The van der Waals surface area contributed by atoms with Gasteiger partial charge in [0.25, 0.3) is 0 Å². The van der Waals surface area contributed by atoms with Gasteiger partial charge in [0, 0.05) is 6.04 Å². The molecule has 3 atom stereocenters. The smallest absolute Gasteiger partial charge is 0.335 e. The molecule has 0 aromatic heterocycles. The Hall–Kier alpha value is -2.16. The highest BCUT2D eigenvalue weighted by atomic mass is 16.4. The van der Waals surface area contributed by atoms with Crippen molar-refractivity contribution in [2.45, 2.75) is 31.6 Å². The van der Waals surface area contributed by atoms with E-state index >= 15 is 0 Å². The van der Waals surface area contributed by atoms with E-state index in [1.807, 2.05) is 19.1 Å². The number of carboxylic acids is 2. The van der Waals surface area contributed by atoms with Crippen molar-refractivity contribution in [2.24, 2.45) is 5.73 Å². The van der Waals surface area contributed by atoms with Crippen LogP contribution in [-0.2, 0) is 16.0 Å². The van der Waals surface area contributed by atoms with Crippen molar-refractivity contribution < 1.29 is 35.1 Å². The summed E-state index contributed by atoms with van der Waals surface area (Å²) >= 11 is 0. The molecule has 1 aromatic rings. The maximum Gasteiger partial charge on any atom is 0.335 e. The number of aliphatic hydroxyl groups is 2. The average Bonchev–Trinajstić information content (AvgIpc) is 2.36. The number of aromatic hydroxyl groups is 1. The molecule has 7 N–H and O–H groups in total. The summed E-state index contributed by atoms with van der Waals surface area (Å²) in [6.07, 6.45) is -3.72. The van der Waals surface area contributed by atoms with Gasteiger partial charge in [-0.3, -0.25) is 0 Å². The van der Waals surface area contributed by atoms with Crippen molar-refractivity contribution in [3.8, 4) is 5.75 Å². The fraction of sp³-hybridized carbons (Fsp3) is 0.385. The number of carboxylic acid groups (broad SMARTS) is 2. The fourth-order valence-corrected chi connectivity index (χ4v) is 1.33. The van der Waals surface area contributed by atoms with E-state index in [1.165, 1.54) is 0 Å². The highest BCUT2D eigenvalue weighted by Gasteiger charge is 2.29. The molecule has 0 aliphatic rings. The second kappa shape index (κ2) is 8.90. The predicted octanol–water partition coefficient (Wildman–Crippen LogP) is -0.841. The first-order chi connectivity index (χ1) is 9.65. The average molecular weight is 301 g/mol. The Labute approximate surface area is 121 Å². The van der Waals surface area contributed by atoms with Gasteiger partial charge in [0.15, 0.2) is 12.2 Å². The van der Waals surface area contributed by atoms with Gasteiger partial charge in [0.2, 0.25) is 0 Å². The lowest BCUT2D eigenvalue weighted by molar-refractivity contribution is -0.165. The second-order valence-corrected chi connectivity index (χ2v) is 4.42. The van der Waals surface area contributed by atoms with E-state index in [0.29, 0.717) is 5.75 Å². The number of rotatable bonds is 5. The third-order valence-corrected chi connectivity index (χ3v) is 2.27. The number of nitrogens with two attached hydrogens (primary N) is 1. The van der Waals surface area contributed by atoms with Crippen molar-refractivity contribution in [1.82, 2.24) is 0 Å². The molecule has 0 heterocycles. The van der Waals surface area contributed by atoms with Crippen LogP contribution in [0.3, 0.4) is 0 Å². The summed E-state index contributed by atoms with van der Waals surface area (Å²) in [5.74, 6) is -3.23. The fourth-order valence-electron chi connectivity index (χ4n) is 1.33. The molecule has 118 valence electrons. The van der Waals surface area contributed by atoms with Crippen LogP contribution < -0.4 is 5.73 Å². The Balaban J connectivity index is 0.000000384. The van der Waals surface area contributed by atoms with Crippen LogP contribution in [0.15, 0.2) is 24.3 Å². The summed E-state index contributed by atoms with van der Waals surface area (Å²) in [5, 5.41) is 41.6. The number of carbonyl (C=O) groups is 2. The molecule has 0 saturated heterocycles. The normalized spacial score (nSPS) is 14.3. The Morgan fingerprint density at radius 2 is 1.62 bits per heavy atom. The number of hydrogen-bond donors (Lipinski definition) is 6. The molecule has 0 amide bonds. The van der Waals surface area contributed by atoms with Crippen molar-refractivity contribution in [3.63, 3.8) is 0 Å². The summed E-state index contributed by atoms with van der Waals surface area (Å²) in [5.41, 5.74) is 6.68. The molecule has 1 rings (SSSR count). The van der Waals surface area contributed by atoms with Gasteiger partial charge in [-0.1, -0.05) is 12.1 Å². The third kappa shape index (κ3) is 7.88. The monoisotopic (exact) mass is 301 g/mol. The van der Waals surface area contributed by atoms with Crippen LogP contribution in [0.5, 0.6) is 5.75 Å². The maximum atomic E-state index is 9.77. The lowest BCUT2D eigenvalue weighted by Crippen LogP contribution is -2.39. The Morgan fingerprint density at radius 1 is 1.14 bits per heavy atom. The van der Waals surface area contributed by atoms with Crippen LogP contribution in [0.4, 0.5) is 0 Å². The van der Waals surface area contributed by atoms with Crippen molar-refractivity contribution >= 4 is 11.9 Å². The largest absolute Gasteiger partial charge is 0.508 e. The lowest BCUT2D eigenvalue weighted by atomic mass is 10.1. The van der Waals surface area contributed by atoms with E-state index in [0.717, 1.165) is 12.0 Å². The number of hydrogen-bond acceptors (Lipinski definition) is 6. The third-order valence-electron chi connectivity index (χ3n) is 2.27. The number of phenols is 1. The van der Waals surface area contributed by atoms with Gasteiger partial charge in [0.05, 0.1) is 0 Å². The standard InChI is InChI=1S/C9H13NO.C4H6O6/c1-7(10)5-8-3-2-4-9(11)6-8;5-1(3(7)8)2(6)4(9)10/h2-4,6-7,11H,5,10H2,1H3;1-2,5-6H,(H,7,8)(H,9,10)/t;1-,2-/m.1/s1. The molecule has 8 nitrogen and oxygen atoms in total. The number of aliphatic carboxylic acids is 2. The second-order valence-electron chi connectivity index (χ2n) is 4.42.